The third-order valence-corrected chi connectivity index (χ3v) is 0.575. The van der Waals surface area contributed by atoms with Gasteiger partial charge in [0.05, 0.1) is 7.11 Å². The number of carbonyl (C=O) groups is 1. The van der Waals surface area contributed by atoms with Crippen LogP contribution in [0.2, 0.25) is 0 Å². The number of nitrogens with zero attached hydrogens (tertiary/aromatic N) is 1. The molecule has 1 amide bonds. The van der Waals surface area contributed by atoms with Crippen molar-refractivity contribution in [1.82, 2.24) is 5.06 Å². The van der Waals surface area contributed by atoms with Gasteiger partial charge in [0.2, 0.25) is 5.96 Å². The zero-order valence-corrected chi connectivity index (χ0v) is 4.79. The second kappa shape index (κ2) is 2.88. The topological polar surface area (TPSA) is 99.6 Å². The summed E-state index contributed by atoms with van der Waals surface area (Å²) in [5.74, 6) is -0.662. The van der Waals surface area contributed by atoms with Crippen LogP contribution in [0.5, 0.6) is 0 Å². The van der Waals surface area contributed by atoms with Crippen molar-refractivity contribution in [1.29, 1.82) is 5.41 Å². The molecule has 9 heavy (non-hydrogen) atoms. The lowest BCUT2D eigenvalue weighted by Gasteiger charge is -2.11. The largest absolute Gasteiger partial charge is 0.463 e. The molecule has 52 valence electrons. The standard InChI is InChI=1S/C3H7N3O3/c1-9-6(2(4)5)3(7)8/h1H3,(H3,4,5)(H,7,8). The molecule has 0 radical (unpaired) electrons. The molecule has 0 unspecified atom stereocenters. The van der Waals surface area contributed by atoms with Crippen LogP contribution in [0.4, 0.5) is 4.79 Å². The Kier molecular flexibility index (Phi) is 2.46. The van der Waals surface area contributed by atoms with Crippen LogP contribution in [-0.2, 0) is 4.84 Å². The van der Waals surface area contributed by atoms with Gasteiger partial charge in [-0.15, -0.1) is 5.06 Å². The van der Waals surface area contributed by atoms with Crippen molar-refractivity contribution < 1.29 is 14.7 Å². The zero-order valence-electron chi connectivity index (χ0n) is 4.79. The van der Waals surface area contributed by atoms with Gasteiger partial charge >= 0.3 is 6.09 Å². The summed E-state index contributed by atoms with van der Waals surface area (Å²) < 4.78 is 0. The highest BCUT2D eigenvalue weighted by atomic mass is 16.7. The Hall–Kier alpha value is -1.30. The first-order chi connectivity index (χ1) is 4.09. The molecular weight excluding hydrogens is 126 g/mol. The number of carboxylic acid groups (broad SMARTS) is 1. The number of hydrogen-bond donors (Lipinski definition) is 3. The zero-order chi connectivity index (χ0) is 7.44. The second-order valence-corrected chi connectivity index (χ2v) is 1.14. The number of hydroxylamine groups is 2. The number of rotatable bonds is 1. The van der Waals surface area contributed by atoms with Crippen molar-refractivity contribution in [3.05, 3.63) is 0 Å². The van der Waals surface area contributed by atoms with E-state index < -0.39 is 12.1 Å². The number of nitrogens with one attached hydrogen (secondary N) is 1. The first kappa shape index (κ1) is 7.70. The van der Waals surface area contributed by atoms with Crippen molar-refractivity contribution >= 4 is 12.1 Å². The van der Waals surface area contributed by atoms with E-state index in [2.05, 4.69) is 4.84 Å². The maximum absolute atomic E-state index is 9.95. The van der Waals surface area contributed by atoms with Crippen LogP contribution in [0.3, 0.4) is 0 Å². The summed E-state index contributed by atoms with van der Waals surface area (Å²) in [5.41, 5.74) is 4.75. The molecule has 0 rings (SSSR count). The summed E-state index contributed by atoms with van der Waals surface area (Å²) in [6.45, 7) is 0. The molecule has 0 aromatic rings. The van der Waals surface area contributed by atoms with E-state index >= 15 is 0 Å². The highest BCUT2D eigenvalue weighted by molar-refractivity contribution is 5.88. The monoisotopic (exact) mass is 133 g/mol. The van der Waals surface area contributed by atoms with Gasteiger partial charge in [0, 0.05) is 0 Å². The van der Waals surface area contributed by atoms with Crippen LogP contribution in [0.1, 0.15) is 0 Å². The molecular formula is C3H7N3O3. The minimum Gasteiger partial charge on any atom is -0.463 e. The molecule has 0 aliphatic carbocycles. The average molecular weight is 133 g/mol. The molecule has 0 heterocycles. The summed E-state index contributed by atoms with van der Waals surface area (Å²) in [4.78, 5) is 14.1. The Morgan fingerprint density at radius 3 is 2.33 bits per heavy atom. The van der Waals surface area contributed by atoms with Crippen LogP contribution < -0.4 is 5.73 Å². The van der Waals surface area contributed by atoms with Crippen molar-refractivity contribution in [2.75, 3.05) is 7.11 Å². The van der Waals surface area contributed by atoms with Crippen LogP contribution in [0, 0.1) is 5.41 Å². The van der Waals surface area contributed by atoms with Gasteiger partial charge in [0.1, 0.15) is 0 Å². The molecule has 4 N–H and O–H groups in total. The number of hydrogen-bond acceptors (Lipinski definition) is 3. The van der Waals surface area contributed by atoms with E-state index in [0.717, 1.165) is 7.11 Å². The van der Waals surface area contributed by atoms with Crippen molar-refractivity contribution in [3.63, 3.8) is 0 Å². The molecule has 0 saturated carbocycles. The fourth-order valence-electron chi connectivity index (χ4n) is 0.279. The van der Waals surface area contributed by atoms with Crippen molar-refractivity contribution in [2.24, 2.45) is 5.73 Å². The number of amides is 1. The molecule has 0 fully saturated rings. The first-order valence-electron chi connectivity index (χ1n) is 2.00. The van der Waals surface area contributed by atoms with Gasteiger partial charge in [-0.2, -0.15) is 0 Å². The Bertz CT molecular complexity index is 120. The average Bonchev–Trinajstić information content (AvgIpc) is 1.64. The summed E-state index contributed by atoms with van der Waals surface area (Å²) in [6, 6.07) is 0. The van der Waals surface area contributed by atoms with Crippen LogP contribution in [0.15, 0.2) is 0 Å². The Balaban J connectivity index is 3.99. The Morgan fingerprint density at radius 2 is 2.33 bits per heavy atom. The molecule has 0 bridgehead atoms. The van der Waals surface area contributed by atoms with Gasteiger partial charge in [-0.1, -0.05) is 0 Å². The van der Waals surface area contributed by atoms with Crippen LogP contribution >= 0.6 is 0 Å². The van der Waals surface area contributed by atoms with Gasteiger partial charge in [-0.25, -0.2) is 4.79 Å². The fraction of sp³-hybridized carbons (Fsp3) is 0.333. The lowest BCUT2D eigenvalue weighted by Crippen LogP contribution is -2.39. The van der Waals surface area contributed by atoms with Crippen molar-refractivity contribution in [2.45, 2.75) is 0 Å². The molecule has 6 nitrogen and oxygen atoms in total. The highest BCUT2D eigenvalue weighted by Crippen LogP contribution is 1.84. The molecule has 0 atom stereocenters. The number of guanidine groups is 1. The molecule has 0 aliphatic heterocycles. The maximum Gasteiger partial charge on any atom is 0.439 e. The minimum atomic E-state index is -1.41. The Morgan fingerprint density at radius 1 is 1.89 bits per heavy atom. The number of nitrogens with two attached hydrogens (primary N) is 1. The lowest BCUT2D eigenvalue weighted by atomic mass is 10.9. The molecule has 0 aliphatic rings. The van der Waals surface area contributed by atoms with Crippen molar-refractivity contribution in [3.8, 4) is 0 Å². The smallest absolute Gasteiger partial charge is 0.439 e. The third-order valence-electron chi connectivity index (χ3n) is 0.575. The quantitative estimate of drug-likeness (QED) is 0.253. The third kappa shape index (κ3) is 1.96. The van der Waals surface area contributed by atoms with E-state index in [1.807, 2.05) is 0 Å². The highest BCUT2D eigenvalue weighted by Gasteiger charge is 2.12. The Labute approximate surface area is 51.3 Å². The maximum atomic E-state index is 9.95. The van der Waals surface area contributed by atoms with E-state index in [9.17, 15) is 4.79 Å². The normalized spacial score (nSPS) is 8.56. The SMILES string of the molecule is CON(C(=N)N)C(=O)O. The van der Waals surface area contributed by atoms with E-state index in [0.29, 0.717) is 0 Å². The predicted octanol–water partition coefficient (Wildman–Crippen LogP) is -0.579. The van der Waals surface area contributed by atoms with Crippen LogP contribution in [0.25, 0.3) is 0 Å². The summed E-state index contributed by atoms with van der Waals surface area (Å²) in [7, 11) is 1.11. The molecule has 0 aromatic carbocycles. The first-order valence-corrected chi connectivity index (χ1v) is 2.00. The lowest BCUT2D eigenvalue weighted by molar-refractivity contribution is -0.0455. The summed E-state index contributed by atoms with van der Waals surface area (Å²) in [6.07, 6.45) is -1.41. The molecule has 0 aromatic heterocycles. The van der Waals surface area contributed by atoms with E-state index in [1.54, 1.807) is 0 Å². The van der Waals surface area contributed by atoms with Gasteiger partial charge in [-0.3, -0.25) is 10.2 Å². The summed E-state index contributed by atoms with van der Waals surface area (Å²) in [5, 5.41) is 14.9. The van der Waals surface area contributed by atoms with E-state index in [-0.39, 0.29) is 5.06 Å². The van der Waals surface area contributed by atoms with E-state index in [4.69, 9.17) is 16.2 Å². The van der Waals surface area contributed by atoms with Crippen LogP contribution in [-0.4, -0.2) is 29.3 Å². The fourth-order valence-corrected chi connectivity index (χ4v) is 0.279. The predicted molar refractivity (Wildman–Crippen MR) is 28.8 cm³/mol. The van der Waals surface area contributed by atoms with Gasteiger partial charge < -0.3 is 10.8 Å². The molecule has 0 spiro atoms. The molecule has 0 saturated heterocycles. The van der Waals surface area contributed by atoms with E-state index in [1.165, 1.54) is 0 Å². The second-order valence-electron chi connectivity index (χ2n) is 1.14. The summed E-state index contributed by atoms with van der Waals surface area (Å²) >= 11 is 0. The van der Waals surface area contributed by atoms with Gasteiger partial charge in [0.25, 0.3) is 0 Å². The molecule has 6 heteroatoms. The minimum absolute atomic E-state index is 0.236. The van der Waals surface area contributed by atoms with Gasteiger partial charge in [0.15, 0.2) is 0 Å². The van der Waals surface area contributed by atoms with Gasteiger partial charge in [-0.05, 0) is 0 Å².